The van der Waals surface area contributed by atoms with Gasteiger partial charge in [-0.3, -0.25) is 9.59 Å². The molecule has 0 spiro atoms. The Kier molecular flexibility index (Phi) is 4.96. The van der Waals surface area contributed by atoms with E-state index in [4.69, 9.17) is 4.74 Å². The van der Waals surface area contributed by atoms with Crippen molar-refractivity contribution in [2.24, 2.45) is 11.8 Å². The van der Waals surface area contributed by atoms with Crippen LogP contribution in [0, 0.1) is 11.8 Å². The van der Waals surface area contributed by atoms with Crippen LogP contribution in [0.1, 0.15) is 46.0 Å². The third kappa shape index (κ3) is 3.16. The van der Waals surface area contributed by atoms with Gasteiger partial charge in [0.05, 0.1) is 18.1 Å². The van der Waals surface area contributed by atoms with Crippen molar-refractivity contribution in [1.82, 2.24) is 10.2 Å². The summed E-state index contributed by atoms with van der Waals surface area (Å²) in [5, 5.41) is 12.9. The number of nitrogens with one attached hydrogen (secondary N) is 1. The van der Waals surface area contributed by atoms with Crippen molar-refractivity contribution in [2.75, 3.05) is 6.54 Å². The average molecular weight is 394 g/mol. The Morgan fingerprint density at radius 3 is 2.63 bits per heavy atom. The number of carbonyl (C=O) groups excluding carboxylic acids is 3. The van der Waals surface area contributed by atoms with Gasteiger partial charge in [-0.05, 0) is 32.6 Å². The third-order valence-corrected chi connectivity index (χ3v) is 7.60. The predicted octanol–water partition coefficient (Wildman–Crippen LogP) is 1.16. The summed E-state index contributed by atoms with van der Waals surface area (Å²) < 4.78 is 5.71. The molecule has 3 fully saturated rings. The number of carbonyl (C=O) groups is 3. The van der Waals surface area contributed by atoms with Crippen LogP contribution in [0.3, 0.4) is 0 Å². The zero-order valence-electron chi connectivity index (χ0n) is 15.6. The predicted molar refractivity (Wildman–Crippen MR) is 99.3 cm³/mol. The molecule has 3 heterocycles. The third-order valence-electron chi connectivity index (χ3n) is 6.11. The summed E-state index contributed by atoms with van der Waals surface area (Å²) in [6.07, 6.45) is 3.42. The summed E-state index contributed by atoms with van der Waals surface area (Å²) in [4.78, 5) is 39.6. The number of amides is 2. The van der Waals surface area contributed by atoms with Gasteiger partial charge in [-0.15, -0.1) is 11.8 Å². The molecule has 0 aromatic heterocycles. The number of esters is 1. The number of β-lactam (4-membered cyclic amide) rings is 1. The molecule has 2 amide bonds. The Balaban J connectivity index is 1.61. The number of hydrogen-bond acceptors (Lipinski definition) is 6. The molecule has 0 aromatic carbocycles. The van der Waals surface area contributed by atoms with Gasteiger partial charge in [-0.25, -0.2) is 4.79 Å². The fourth-order valence-corrected chi connectivity index (χ4v) is 6.13. The number of thioether (sulfide) groups is 1. The molecule has 27 heavy (non-hydrogen) atoms. The lowest BCUT2D eigenvalue weighted by molar-refractivity contribution is -0.165. The lowest BCUT2D eigenvalue weighted by Crippen LogP contribution is -2.63. The van der Waals surface area contributed by atoms with E-state index in [1.54, 1.807) is 6.92 Å². The molecule has 2 N–H and O–H groups in total. The van der Waals surface area contributed by atoms with Crippen molar-refractivity contribution >= 4 is 29.5 Å². The molecule has 148 valence electrons. The van der Waals surface area contributed by atoms with E-state index < -0.39 is 18.0 Å². The highest BCUT2D eigenvalue weighted by molar-refractivity contribution is 8.03. The smallest absolute Gasteiger partial charge is 0.356 e. The summed E-state index contributed by atoms with van der Waals surface area (Å²) in [5.41, 5.74) is 0.339. The van der Waals surface area contributed by atoms with Crippen LogP contribution in [-0.4, -0.2) is 57.8 Å². The van der Waals surface area contributed by atoms with Crippen molar-refractivity contribution in [3.05, 3.63) is 10.6 Å². The summed E-state index contributed by atoms with van der Waals surface area (Å²) in [6, 6.07) is -0.212. The Morgan fingerprint density at radius 1 is 1.33 bits per heavy atom. The van der Waals surface area contributed by atoms with Gasteiger partial charge in [-0.2, -0.15) is 0 Å². The van der Waals surface area contributed by atoms with Crippen molar-refractivity contribution in [3.8, 4) is 0 Å². The second-order valence-electron chi connectivity index (χ2n) is 8.03. The first-order valence-corrected chi connectivity index (χ1v) is 10.7. The van der Waals surface area contributed by atoms with Gasteiger partial charge in [0.25, 0.3) is 0 Å². The Bertz CT molecular complexity index is 700. The van der Waals surface area contributed by atoms with Crippen LogP contribution >= 0.6 is 11.8 Å². The molecule has 7 nitrogen and oxygen atoms in total. The molecule has 4 rings (SSSR count). The quantitative estimate of drug-likeness (QED) is 0.537. The minimum Gasteiger partial charge on any atom is -0.458 e. The van der Waals surface area contributed by atoms with Crippen molar-refractivity contribution in [2.45, 2.75) is 69.5 Å². The Labute approximate surface area is 162 Å². The van der Waals surface area contributed by atoms with Gasteiger partial charge in [0.15, 0.2) is 0 Å². The standard InChI is InChI=1S/C19H26N2O5S/c1-9-15-14(10(2)22)18(24)21(15)16(19(25)26-11-5-3-4-6-11)17(9)27-12-7-13(23)20-8-12/h9-12,14-15,22H,3-8H2,1-2H3,(H,20,23)/t9-,10-,12?,14?,15?/m1/s1. The molecule has 0 radical (unpaired) electrons. The van der Waals surface area contributed by atoms with Crippen molar-refractivity contribution in [1.29, 1.82) is 0 Å². The van der Waals surface area contributed by atoms with Gasteiger partial charge in [0.2, 0.25) is 11.8 Å². The number of ether oxygens (including phenoxy) is 1. The highest BCUT2D eigenvalue weighted by Gasteiger charge is 2.60. The van der Waals surface area contributed by atoms with E-state index in [0.29, 0.717) is 18.7 Å². The molecule has 1 saturated carbocycles. The van der Waals surface area contributed by atoms with Gasteiger partial charge >= 0.3 is 5.97 Å². The van der Waals surface area contributed by atoms with Crippen LogP contribution < -0.4 is 5.32 Å². The highest BCUT2D eigenvalue weighted by Crippen LogP contribution is 2.52. The Hall–Kier alpha value is -1.54. The monoisotopic (exact) mass is 394 g/mol. The molecule has 8 heteroatoms. The van der Waals surface area contributed by atoms with Crippen LogP contribution in [0.5, 0.6) is 0 Å². The molecule has 2 saturated heterocycles. The first kappa shape index (κ1) is 18.8. The zero-order valence-corrected chi connectivity index (χ0v) is 16.5. The van der Waals surface area contributed by atoms with E-state index in [1.165, 1.54) is 16.7 Å². The highest BCUT2D eigenvalue weighted by atomic mass is 32.2. The number of hydrogen-bond donors (Lipinski definition) is 2. The van der Waals surface area contributed by atoms with E-state index in [-0.39, 0.29) is 35.1 Å². The van der Waals surface area contributed by atoms with E-state index in [0.717, 1.165) is 30.6 Å². The minimum atomic E-state index is -0.757. The lowest BCUT2D eigenvalue weighted by atomic mass is 9.79. The minimum absolute atomic E-state index is 0.00930. The first-order chi connectivity index (χ1) is 12.9. The van der Waals surface area contributed by atoms with Gasteiger partial charge < -0.3 is 20.1 Å². The maximum absolute atomic E-state index is 13.0. The number of nitrogens with zero attached hydrogens (tertiary/aromatic N) is 1. The molecule has 3 unspecified atom stereocenters. The molecule has 0 aromatic rings. The van der Waals surface area contributed by atoms with E-state index in [1.807, 2.05) is 6.92 Å². The second-order valence-corrected chi connectivity index (χ2v) is 9.37. The SMILES string of the molecule is C[C@@H](O)C1C(=O)N2C(C(=O)OC3CCCC3)=C(SC3CNC(=O)C3)[C@H](C)C12. The van der Waals surface area contributed by atoms with Crippen LogP contribution in [0.2, 0.25) is 0 Å². The molecular weight excluding hydrogens is 368 g/mol. The molecule has 3 aliphatic heterocycles. The summed E-state index contributed by atoms with van der Waals surface area (Å²) in [5.74, 6) is -1.19. The normalized spacial score (nSPS) is 34.6. The van der Waals surface area contributed by atoms with Gasteiger partial charge in [0, 0.05) is 29.0 Å². The number of aliphatic hydroxyl groups excluding tert-OH is 1. The maximum Gasteiger partial charge on any atom is 0.356 e. The van der Waals surface area contributed by atoms with Crippen molar-refractivity contribution < 1.29 is 24.2 Å². The molecule has 4 aliphatic rings. The summed E-state index contributed by atoms with van der Waals surface area (Å²) >= 11 is 1.50. The van der Waals surface area contributed by atoms with Gasteiger partial charge in [-0.1, -0.05) is 6.92 Å². The van der Waals surface area contributed by atoms with Crippen LogP contribution in [0.4, 0.5) is 0 Å². The molecule has 1 aliphatic carbocycles. The zero-order chi connectivity index (χ0) is 19.3. The van der Waals surface area contributed by atoms with Crippen LogP contribution in [-0.2, 0) is 19.1 Å². The Morgan fingerprint density at radius 2 is 2.04 bits per heavy atom. The molecule has 0 bridgehead atoms. The largest absolute Gasteiger partial charge is 0.458 e. The second kappa shape index (κ2) is 7.13. The van der Waals surface area contributed by atoms with Crippen LogP contribution in [0.25, 0.3) is 0 Å². The number of fused-ring (bicyclic) bond motifs is 1. The van der Waals surface area contributed by atoms with E-state index in [9.17, 15) is 19.5 Å². The van der Waals surface area contributed by atoms with Crippen molar-refractivity contribution in [3.63, 3.8) is 0 Å². The number of rotatable bonds is 5. The fraction of sp³-hybridized carbons (Fsp3) is 0.737. The van der Waals surface area contributed by atoms with E-state index in [2.05, 4.69) is 5.32 Å². The summed E-state index contributed by atoms with van der Waals surface area (Å²) in [7, 11) is 0. The lowest BCUT2D eigenvalue weighted by Gasteiger charge is -2.46. The summed E-state index contributed by atoms with van der Waals surface area (Å²) in [6.45, 7) is 4.17. The number of aliphatic hydroxyl groups is 1. The van der Waals surface area contributed by atoms with Gasteiger partial charge in [0.1, 0.15) is 11.8 Å². The average Bonchev–Trinajstić information content (AvgIpc) is 3.29. The first-order valence-electron chi connectivity index (χ1n) is 9.78. The fourth-order valence-electron chi connectivity index (χ4n) is 4.72. The maximum atomic E-state index is 13.0. The van der Waals surface area contributed by atoms with E-state index >= 15 is 0 Å². The molecule has 5 atom stereocenters. The topological polar surface area (TPSA) is 95.9 Å². The molecular formula is C19H26N2O5S. The van der Waals surface area contributed by atoms with Crippen LogP contribution in [0.15, 0.2) is 10.6 Å².